The standard InChI is InChI=1S/C21H30ClN3O4S/c1-5-14(4)21(28)25-13-30-12-17(25)20(27)23-15-8-9-18(16(22)10-15)29-11-19(26)24(6-2)7-3/h8-10,14,17H,5-7,11-13H2,1-4H3,(H,23,27)/t14-,17-/m0/s1. The van der Waals surface area contributed by atoms with E-state index in [1.165, 1.54) is 0 Å². The van der Waals surface area contributed by atoms with E-state index in [-0.39, 0.29) is 30.2 Å². The first-order chi connectivity index (χ1) is 14.3. The summed E-state index contributed by atoms with van der Waals surface area (Å²) in [6.07, 6.45) is 0.738. The lowest BCUT2D eigenvalue weighted by Gasteiger charge is -2.25. The number of carbonyl (C=O) groups is 3. The molecule has 1 aromatic rings. The van der Waals surface area contributed by atoms with Crippen molar-refractivity contribution in [2.75, 3.05) is 36.6 Å². The van der Waals surface area contributed by atoms with E-state index in [0.29, 0.717) is 41.2 Å². The molecule has 2 atom stereocenters. The molecule has 1 heterocycles. The summed E-state index contributed by atoms with van der Waals surface area (Å²) in [7, 11) is 0. The fourth-order valence-corrected chi connectivity index (χ4v) is 4.46. The Bertz CT molecular complexity index is 773. The van der Waals surface area contributed by atoms with Crippen molar-refractivity contribution in [3.05, 3.63) is 23.2 Å². The molecule has 1 aliphatic heterocycles. The number of nitrogens with zero attached hydrogens (tertiary/aromatic N) is 2. The summed E-state index contributed by atoms with van der Waals surface area (Å²) in [5.74, 6) is 1.01. The largest absolute Gasteiger partial charge is 0.482 e. The van der Waals surface area contributed by atoms with Crippen molar-refractivity contribution in [2.24, 2.45) is 5.92 Å². The second-order valence-corrected chi connectivity index (χ2v) is 8.53. The van der Waals surface area contributed by atoms with Crippen molar-refractivity contribution in [3.8, 4) is 5.75 Å². The van der Waals surface area contributed by atoms with Gasteiger partial charge >= 0.3 is 0 Å². The van der Waals surface area contributed by atoms with Crippen LogP contribution in [0.5, 0.6) is 5.75 Å². The molecule has 1 fully saturated rings. The number of anilines is 1. The minimum absolute atomic E-state index is 0.00213. The second-order valence-electron chi connectivity index (χ2n) is 7.12. The van der Waals surface area contributed by atoms with Crippen molar-refractivity contribution in [2.45, 2.75) is 40.2 Å². The van der Waals surface area contributed by atoms with Gasteiger partial charge in [0.05, 0.1) is 10.9 Å². The first kappa shape index (κ1) is 24.3. The molecule has 1 aromatic carbocycles. The normalized spacial score (nSPS) is 16.8. The van der Waals surface area contributed by atoms with Crippen molar-refractivity contribution in [1.29, 1.82) is 0 Å². The lowest BCUT2D eigenvalue weighted by Crippen LogP contribution is -2.46. The zero-order valence-electron chi connectivity index (χ0n) is 17.9. The Labute approximate surface area is 187 Å². The van der Waals surface area contributed by atoms with Crippen LogP contribution in [-0.2, 0) is 14.4 Å². The van der Waals surface area contributed by atoms with E-state index >= 15 is 0 Å². The van der Waals surface area contributed by atoms with Gasteiger partial charge in [-0.2, -0.15) is 0 Å². The Kier molecular flexibility index (Phi) is 9.30. The van der Waals surface area contributed by atoms with Gasteiger partial charge in [-0.15, -0.1) is 11.8 Å². The Morgan fingerprint density at radius 1 is 1.30 bits per heavy atom. The zero-order valence-corrected chi connectivity index (χ0v) is 19.5. The Hall–Kier alpha value is -1.93. The molecule has 166 valence electrons. The van der Waals surface area contributed by atoms with Crippen LogP contribution in [0.15, 0.2) is 18.2 Å². The molecule has 2 rings (SSSR count). The molecule has 0 aliphatic carbocycles. The van der Waals surface area contributed by atoms with Crippen molar-refractivity contribution >= 4 is 46.8 Å². The van der Waals surface area contributed by atoms with Gasteiger partial charge in [-0.25, -0.2) is 0 Å². The summed E-state index contributed by atoms with van der Waals surface area (Å²) in [5.41, 5.74) is 0.514. The number of hydrogen-bond donors (Lipinski definition) is 1. The molecule has 0 saturated carbocycles. The van der Waals surface area contributed by atoms with Gasteiger partial charge in [0, 0.05) is 30.4 Å². The number of rotatable bonds is 9. The van der Waals surface area contributed by atoms with E-state index in [2.05, 4.69) is 5.32 Å². The van der Waals surface area contributed by atoms with Crippen LogP contribution in [0.2, 0.25) is 5.02 Å². The average Bonchev–Trinajstić information content (AvgIpc) is 3.23. The van der Waals surface area contributed by atoms with Gasteiger partial charge in [0.2, 0.25) is 11.8 Å². The first-order valence-electron chi connectivity index (χ1n) is 10.2. The lowest BCUT2D eigenvalue weighted by atomic mass is 10.1. The topological polar surface area (TPSA) is 79.0 Å². The molecule has 0 spiro atoms. The Morgan fingerprint density at radius 3 is 2.60 bits per heavy atom. The molecular formula is C21H30ClN3O4S. The van der Waals surface area contributed by atoms with Gasteiger partial charge in [-0.1, -0.05) is 25.4 Å². The highest BCUT2D eigenvalue weighted by Gasteiger charge is 2.36. The molecular weight excluding hydrogens is 426 g/mol. The number of thioether (sulfide) groups is 1. The van der Waals surface area contributed by atoms with Gasteiger partial charge in [-0.05, 0) is 38.5 Å². The molecule has 0 bridgehead atoms. The van der Waals surface area contributed by atoms with Crippen LogP contribution in [-0.4, -0.2) is 64.9 Å². The van der Waals surface area contributed by atoms with Gasteiger partial charge in [0.25, 0.3) is 5.91 Å². The van der Waals surface area contributed by atoms with Crippen LogP contribution in [0.1, 0.15) is 34.1 Å². The van der Waals surface area contributed by atoms with E-state index < -0.39 is 6.04 Å². The van der Waals surface area contributed by atoms with Gasteiger partial charge < -0.3 is 19.9 Å². The molecule has 7 nitrogen and oxygen atoms in total. The number of carbonyl (C=O) groups excluding carboxylic acids is 3. The van der Waals surface area contributed by atoms with E-state index in [1.807, 2.05) is 27.7 Å². The third-order valence-electron chi connectivity index (χ3n) is 5.17. The van der Waals surface area contributed by atoms with Crippen LogP contribution in [0.25, 0.3) is 0 Å². The number of halogens is 1. The molecule has 9 heteroatoms. The summed E-state index contributed by atoms with van der Waals surface area (Å²) in [4.78, 5) is 40.7. The van der Waals surface area contributed by atoms with E-state index in [1.54, 1.807) is 39.8 Å². The third kappa shape index (κ3) is 6.04. The molecule has 0 radical (unpaired) electrons. The van der Waals surface area contributed by atoms with Crippen molar-refractivity contribution in [3.63, 3.8) is 0 Å². The molecule has 1 N–H and O–H groups in total. The second kappa shape index (κ2) is 11.5. The number of likely N-dealkylation sites (N-methyl/N-ethyl adjacent to an activating group) is 1. The molecule has 0 unspecified atom stereocenters. The predicted molar refractivity (Wildman–Crippen MR) is 121 cm³/mol. The van der Waals surface area contributed by atoms with Crippen LogP contribution in [0.4, 0.5) is 5.69 Å². The highest BCUT2D eigenvalue weighted by atomic mass is 35.5. The number of ether oxygens (including phenoxy) is 1. The highest BCUT2D eigenvalue weighted by molar-refractivity contribution is 7.99. The smallest absolute Gasteiger partial charge is 0.260 e. The lowest BCUT2D eigenvalue weighted by molar-refractivity contribution is -0.139. The fourth-order valence-electron chi connectivity index (χ4n) is 3.06. The maximum absolute atomic E-state index is 12.8. The monoisotopic (exact) mass is 455 g/mol. The molecule has 1 aliphatic rings. The van der Waals surface area contributed by atoms with Crippen molar-refractivity contribution < 1.29 is 19.1 Å². The summed E-state index contributed by atoms with van der Waals surface area (Å²) in [6, 6.07) is 4.38. The van der Waals surface area contributed by atoms with Crippen molar-refractivity contribution in [1.82, 2.24) is 9.80 Å². The summed E-state index contributed by atoms with van der Waals surface area (Å²) in [5, 5.41) is 3.13. The molecule has 1 saturated heterocycles. The Balaban J connectivity index is 1.99. The average molecular weight is 456 g/mol. The van der Waals surface area contributed by atoms with Gasteiger partial charge in [0.1, 0.15) is 11.8 Å². The maximum atomic E-state index is 12.8. The van der Waals surface area contributed by atoms with Crippen LogP contribution in [0.3, 0.4) is 0 Å². The number of nitrogens with one attached hydrogen (secondary N) is 1. The highest BCUT2D eigenvalue weighted by Crippen LogP contribution is 2.29. The molecule has 30 heavy (non-hydrogen) atoms. The predicted octanol–water partition coefficient (Wildman–Crippen LogP) is 3.47. The summed E-state index contributed by atoms with van der Waals surface area (Å²) >= 11 is 7.84. The van der Waals surface area contributed by atoms with Gasteiger partial charge in [0.15, 0.2) is 6.61 Å². The minimum Gasteiger partial charge on any atom is -0.482 e. The van der Waals surface area contributed by atoms with Crippen LogP contribution >= 0.6 is 23.4 Å². The molecule has 3 amide bonds. The molecule has 0 aromatic heterocycles. The summed E-state index contributed by atoms with van der Waals surface area (Å²) in [6.45, 7) is 8.80. The maximum Gasteiger partial charge on any atom is 0.260 e. The van der Waals surface area contributed by atoms with Crippen LogP contribution < -0.4 is 10.1 Å². The minimum atomic E-state index is -0.502. The quantitative estimate of drug-likeness (QED) is 0.616. The Morgan fingerprint density at radius 2 is 2.00 bits per heavy atom. The summed E-state index contributed by atoms with van der Waals surface area (Å²) < 4.78 is 5.54. The fraction of sp³-hybridized carbons (Fsp3) is 0.571. The van der Waals surface area contributed by atoms with Crippen LogP contribution in [0, 0.1) is 5.92 Å². The van der Waals surface area contributed by atoms with E-state index in [4.69, 9.17) is 16.3 Å². The number of amides is 3. The zero-order chi connectivity index (χ0) is 22.3. The SMILES string of the molecule is CC[C@H](C)C(=O)N1CSC[C@H]1C(=O)Nc1ccc(OCC(=O)N(CC)CC)c(Cl)c1. The van der Waals surface area contributed by atoms with Gasteiger partial charge in [-0.3, -0.25) is 14.4 Å². The van der Waals surface area contributed by atoms with E-state index in [0.717, 1.165) is 6.42 Å². The van der Waals surface area contributed by atoms with E-state index in [9.17, 15) is 14.4 Å². The first-order valence-corrected chi connectivity index (χ1v) is 11.7. The number of benzene rings is 1. The third-order valence-corrected chi connectivity index (χ3v) is 6.48. The number of hydrogen-bond acceptors (Lipinski definition) is 5.